The molecule has 0 fully saturated rings. The van der Waals surface area contributed by atoms with E-state index in [1.165, 1.54) is 25.7 Å². The topological polar surface area (TPSA) is 45.4 Å². The van der Waals surface area contributed by atoms with Crippen molar-refractivity contribution in [1.29, 1.82) is 5.26 Å². The van der Waals surface area contributed by atoms with E-state index in [1.54, 1.807) is 0 Å². The summed E-state index contributed by atoms with van der Waals surface area (Å²) >= 11 is 0. The molecule has 3 heteroatoms. The van der Waals surface area contributed by atoms with Gasteiger partial charge >= 0.3 is 0 Å². The summed E-state index contributed by atoms with van der Waals surface area (Å²) in [6.07, 6.45) is 6.92. The van der Waals surface area contributed by atoms with Crippen molar-refractivity contribution in [2.24, 2.45) is 5.16 Å². The molecule has 72 valence electrons. The van der Waals surface area contributed by atoms with Gasteiger partial charge in [-0.3, -0.25) is 0 Å². The third-order valence-electron chi connectivity index (χ3n) is 2.24. The second kappa shape index (κ2) is 5.58. The van der Waals surface area contributed by atoms with Gasteiger partial charge in [-0.05, 0) is 12.8 Å². The first-order chi connectivity index (χ1) is 6.36. The van der Waals surface area contributed by atoms with E-state index in [-0.39, 0.29) is 6.10 Å². The first-order valence-electron chi connectivity index (χ1n) is 4.99. The summed E-state index contributed by atoms with van der Waals surface area (Å²) in [5.74, 6) is 0. The fourth-order valence-electron chi connectivity index (χ4n) is 1.45. The summed E-state index contributed by atoms with van der Waals surface area (Å²) < 4.78 is 0. The van der Waals surface area contributed by atoms with E-state index in [9.17, 15) is 0 Å². The van der Waals surface area contributed by atoms with Crippen LogP contribution in [0.1, 0.15) is 45.4 Å². The van der Waals surface area contributed by atoms with Crippen molar-refractivity contribution in [3.8, 4) is 6.07 Å². The van der Waals surface area contributed by atoms with Gasteiger partial charge in [-0.15, -0.1) is 0 Å². The highest BCUT2D eigenvalue weighted by atomic mass is 16.6. The number of nitriles is 1. The molecule has 1 atom stereocenters. The van der Waals surface area contributed by atoms with Gasteiger partial charge in [-0.25, -0.2) is 0 Å². The molecule has 0 bridgehead atoms. The Morgan fingerprint density at radius 3 is 3.00 bits per heavy atom. The van der Waals surface area contributed by atoms with Gasteiger partial charge in [0, 0.05) is 6.42 Å². The zero-order valence-corrected chi connectivity index (χ0v) is 8.12. The second-order valence-corrected chi connectivity index (χ2v) is 3.43. The van der Waals surface area contributed by atoms with Crippen molar-refractivity contribution in [1.82, 2.24) is 0 Å². The van der Waals surface area contributed by atoms with Crippen molar-refractivity contribution >= 4 is 5.71 Å². The van der Waals surface area contributed by atoms with Crippen LogP contribution in [-0.4, -0.2) is 11.8 Å². The van der Waals surface area contributed by atoms with Gasteiger partial charge in [0.1, 0.15) is 12.2 Å². The van der Waals surface area contributed by atoms with Crippen molar-refractivity contribution in [2.45, 2.75) is 51.6 Å². The smallest absolute Gasteiger partial charge is 0.160 e. The molecular formula is C10H16N2O. The zero-order valence-electron chi connectivity index (χ0n) is 8.12. The Hall–Kier alpha value is -1.04. The van der Waals surface area contributed by atoms with Gasteiger partial charge in [0.15, 0.2) is 5.71 Å². The van der Waals surface area contributed by atoms with E-state index in [1.807, 2.05) is 6.07 Å². The quantitative estimate of drug-likeness (QED) is 0.610. The van der Waals surface area contributed by atoms with Crippen LogP contribution in [0.25, 0.3) is 0 Å². The molecule has 1 rings (SSSR count). The molecule has 0 aromatic carbocycles. The van der Waals surface area contributed by atoms with Crippen molar-refractivity contribution in [3.05, 3.63) is 0 Å². The Labute approximate surface area is 79.4 Å². The summed E-state index contributed by atoms with van der Waals surface area (Å²) in [4.78, 5) is 5.10. The minimum Gasteiger partial charge on any atom is -0.391 e. The normalized spacial score (nSPS) is 20.6. The van der Waals surface area contributed by atoms with E-state index in [2.05, 4.69) is 12.1 Å². The Bertz CT molecular complexity index is 217. The number of hydrogen-bond acceptors (Lipinski definition) is 3. The van der Waals surface area contributed by atoms with Crippen LogP contribution in [0.3, 0.4) is 0 Å². The highest BCUT2D eigenvalue weighted by molar-refractivity contribution is 5.99. The van der Waals surface area contributed by atoms with E-state index in [0.717, 1.165) is 6.42 Å². The molecule has 1 heterocycles. The van der Waals surface area contributed by atoms with Gasteiger partial charge in [0.2, 0.25) is 0 Å². The third-order valence-corrected chi connectivity index (χ3v) is 2.24. The lowest BCUT2D eigenvalue weighted by Crippen LogP contribution is -2.06. The summed E-state index contributed by atoms with van der Waals surface area (Å²) in [5.41, 5.74) is 0.542. The molecule has 1 aliphatic rings. The van der Waals surface area contributed by atoms with Crippen molar-refractivity contribution in [2.75, 3.05) is 0 Å². The number of unbranched alkanes of at least 4 members (excludes halogenated alkanes) is 3. The average Bonchev–Trinajstić information content (AvgIpc) is 2.60. The van der Waals surface area contributed by atoms with Gasteiger partial charge in [-0.1, -0.05) is 31.3 Å². The van der Waals surface area contributed by atoms with Crippen LogP contribution in [0.15, 0.2) is 5.16 Å². The molecule has 1 unspecified atom stereocenters. The lowest BCUT2D eigenvalue weighted by molar-refractivity contribution is 0.0770. The maximum atomic E-state index is 8.53. The number of hydrogen-bond donors (Lipinski definition) is 0. The lowest BCUT2D eigenvalue weighted by atomic mass is 10.1. The molecule has 1 aliphatic heterocycles. The molecule has 0 radical (unpaired) electrons. The molecule has 0 aliphatic carbocycles. The number of oxime groups is 1. The highest BCUT2D eigenvalue weighted by Crippen LogP contribution is 2.16. The highest BCUT2D eigenvalue weighted by Gasteiger charge is 2.19. The van der Waals surface area contributed by atoms with Crippen LogP contribution in [0.2, 0.25) is 0 Å². The molecule has 0 aromatic heterocycles. The van der Waals surface area contributed by atoms with Crippen LogP contribution >= 0.6 is 0 Å². The minimum atomic E-state index is 0.173. The molecule has 0 aromatic rings. The fourth-order valence-corrected chi connectivity index (χ4v) is 1.45. The summed E-state index contributed by atoms with van der Waals surface area (Å²) in [7, 11) is 0. The standard InChI is InChI=1S/C10H16N2O/c1-2-3-4-5-6-10-7-9(8-11)12-13-10/h10H,2-7H2,1H3. The Morgan fingerprint density at radius 2 is 2.38 bits per heavy atom. The van der Waals surface area contributed by atoms with Gasteiger partial charge in [0.25, 0.3) is 0 Å². The summed E-state index contributed by atoms with van der Waals surface area (Å²) in [6.45, 7) is 2.20. The van der Waals surface area contributed by atoms with Crippen LogP contribution in [0.5, 0.6) is 0 Å². The van der Waals surface area contributed by atoms with Gasteiger partial charge in [-0.2, -0.15) is 5.26 Å². The first kappa shape index (κ1) is 10.0. The Morgan fingerprint density at radius 1 is 1.54 bits per heavy atom. The van der Waals surface area contributed by atoms with E-state index < -0.39 is 0 Å². The van der Waals surface area contributed by atoms with Crippen molar-refractivity contribution in [3.63, 3.8) is 0 Å². The van der Waals surface area contributed by atoms with Crippen LogP contribution in [0, 0.1) is 11.3 Å². The van der Waals surface area contributed by atoms with E-state index >= 15 is 0 Å². The maximum Gasteiger partial charge on any atom is 0.160 e. The molecule has 0 saturated carbocycles. The zero-order chi connectivity index (χ0) is 9.52. The minimum absolute atomic E-state index is 0.173. The van der Waals surface area contributed by atoms with Crippen LogP contribution in [-0.2, 0) is 4.84 Å². The maximum absolute atomic E-state index is 8.53. The van der Waals surface area contributed by atoms with Gasteiger partial charge in [0.05, 0.1) is 0 Å². The fraction of sp³-hybridized carbons (Fsp3) is 0.800. The Balaban J connectivity index is 2.04. The molecule has 0 amide bonds. The molecule has 3 nitrogen and oxygen atoms in total. The number of rotatable bonds is 5. The first-order valence-corrected chi connectivity index (χ1v) is 4.99. The molecular weight excluding hydrogens is 164 g/mol. The molecule has 13 heavy (non-hydrogen) atoms. The average molecular weight is 180 g/mol. The SMILES string of the molecule is CCCCCCC1CC(C#N)=NO1. The van der Waals surface area contributed by atoms with Gasteiger partial charge < -0.3 is 4.84 Å². The molecule has 0 N–H and O–H groups in total. The largest absolute Gasteiger partial charge is 0.391 e. The number of nitrogens with zero attached hydrogens (tertiary/aromatic N) is 2. The predicted octanol–water partition coefficient (Wildman–Crippen LogP) is 2.63. The molecule has 0 spiro atoms. The summed E-state index contributed by atoms with van der Waals surface area (Å²) in [5, 5.41) is 12.2. The predicted molar refractivity (Wildman–Crippen MR) is 51.3 cm³/mol. The van der Waals surface area contributed by atoms with Crippen LogP contribution < -0.4 is 0 Å². The van der Waals surface area contributed by atoms with E-state index in [0.29, 0.717) is 12.1 Å². The molecule has 0 saturated heterocycles. The van der Waals surface area contributed by atoms with E-state index in [4.69, 9.17) is 10.1 Å². The second-order valence-electron chi connectivity index (χ2n) is 3.43. The third kappa shape index (κ3) is 3.45. The van der Waals surface area contributed by atoms with Crippen LogP contribution in [0.4, 0.5) is 0 Å². The summed E-state index contributed by atoms with van der Waals surface area (Å²) in [6, 6.07) is 2.02. The van der Waals surface area contributed by atoms with Crippen molar-refractivity contribution < 1.29 is 4.84 Å². The Kier molecular flexibility index (Phi) is 4.31. The monoisotopic (exact) mass is 180 g/mol. The lowest BCUT2D eigenvalue weighted by Gasteiger charge is -2.06.